The molecule has 11 nitrogen and oxygen atoms in total. The van der Waals surface area contributed by atoms with Crippen LogP contribution in [0.4, 0.5) is 29.0 Å². The van der Waals surface area contributed by atoms with Crippen LogP contribution in [-0.4, -0.2) is 92.6 Å². The van der Waals surface area contributed by atoms with E-state index in [-0.39, 0.29) is 15.7 Å². The Morgan fingerprint density at radius 1 is 0.923 bits per heavy atom. The Hall–Kier alpha value is -3.03. The molecule has 0 unspecified atom stereocenters. The van der Waals surface area contributed by atoms with Gasteiger partial charge in [0.05, 0.1) is 23.8 Å². The molecular weight excluding hydrogens is 538 g/mol. The van der Waals surface area contributed by atoms with Crippen molar-refractivity contribution in [2.45, 2.75) is 23.8 Å². The van der Waals surface area contributed by atoms with Gasteiger partial charge in [-0.2, -0.15) is 4.98 Å². The van der Waals surface area contributed by atoms with Gasteiger partial charge >= 0.3 is 0 Å². The Morgan fingerprint density at radius 2 is 1.67 bits per heavy atom. The summed E-state index contributed by atoms with van der Waals surface area (Å²) in [5.41, 5.74) is 1.08. The van der Waals surface area contributed by atoms with Crippen LogP contribution in [0.1, 0.15) is 12.8 Å². The summed E-state index contributed by atoms with van der Waals surface area (Å²) in [6, 6.07) is 11.1. The molecule has 0 atom stereocenters. The zero-order chi connectivity index (χ0) is 27.4. The molecule has 5 rings (SSSR count). The van der Waals surface area contributed by atoms with Gasteiger partial charge in [-0.25, -0.2) is 23.1 Å². The van der Waals surface area contributed by atoms with Crippen molar-refractivity contribution < 1.29 is 8.42 Å². The zero-order valence-corrected chi connectivity index (χ0v) is 23.7. The first kappa shape index (κ1) is 27.5. The summed E-state index contributed by atoms with van der Waals surface area (Å²) in [5, 5.41) is 6.43. The molecule has 4 heterocycles. The van der Waals surface area contributed by atoms with Gasteiger partial charge in [0.25, 0.3) is 0 Å². The van der Waals surface area contributed by atoms with Gasteiger partial charge in [0, 0.05) is 45.3 Å². The van der Waals surface area contributed by atoms with E-state index in [0.29, 0.717) is 17.7 Å². The Kier molecular flexibility index (Phi) is 8.48. The van der Waals surface area contributed by atoms with Crippen molar-refractivity contribution in [3.05, 3.63) is 53.8 Å². The molecule has 0 spiro atoms. The SMILES string of the molecule is CNS(=O)(=O)c1ccccc1Nc1nc(Nc2ccc(N3CCC(N4CCN(C)CC4)CC3)nc2)ncc1Cl. The normalized spacial score (nSPS) is 17.8. The van der Waals surface area contributed by atoms with Crippen molar-refractivity contribution in [3.63, 3.8) is 0 Å². The number of nitrogens with one attached hydrogen (secondary N) is 3. The van der Waals surface area contributed by atoms with Crippen LogP contribution in [0, 0.1) is 0 Å². The molecule has 13 heteroatoms. The largest absolute Gasteiger partial charge is 0.357 e. The maximum atomic E-state index is 12.4. The van der Waals surface area contributed by atoms with Crippen molar-refractivity contribution in [1.29, 1.82) is 0 Å². The average Bonchev–Trinajstić information content (AvgIpc) is 2.96. The monoisotopic (exact) mass is 571 g/mol. The molecule has 3 N–H and O–H groups in total. The van der Waals surface area contributed by atoms with Crippen LogP contribution in [0.25, 0.3) is 0 Å². The zero-order valence-electron chi connectivity index (χ0n) is 22.1. The van der Waals surface area contributed by atoms with Gasteiger partial charge in [-0.1, -0.05) is 23.7 Å². The van der Waals surface area contributed by atoms with Crippen molar-refractivity contribution in [2.75, 3.05) is 68.9 Å². The van der Waals surface area contributed by atoms with Crippen molar-refractivity contribution in [3.8, 4) is 0 Å². The van der Waals surface area contributed by atoms with E-state index in [1.807, 2.05) is 12.1 Å². The lowest BCUT2D eigenvalue weighted by Crippen LogP contribution is -2.52. The van der Waals surface area contributed by atoms with Crippen molar-refractivity contribution >= 4 is 50.6 Å². The number of piperidine rings is 1. The number of pyridine rings is 1. The number of likely N-dealkylation sites (N-methyl/N-ethyl adjacent to an activating group) is 1. The van der Waals surface area contributed by atoms with E-state index in [1.165, 1.54) is 19.3 Å². The lowest BCUT2D eigenvalue weighted by atomic mass is 10.0. The first-order valence-corrected chi connectivity index (χ1v) is 14.9. The number of para-hydroxylation sites is 1. The molecule has 208 valence electrons. The fraction of sp³-hybridized carbons (Fsp3) is 0.423. The third-order valence-electron chi connectivity index (χ3n) is 7.29. The van der Waals surface area contributed by atoms with E-state index in [0.717, 1.165) is 63.6 Å². The summed E-state index contributed by atoms with van der Waals surface area (Å²) in [4.78, 5) is 20.9. The molecule has 0 saturated carbocycles. The summed E-state index contributed by atoms with van der Waals surface area (Å²) < 4.78 is 27.1. The van der Waals surface area contributed by atoms with Crippen LogP contribution in [0.2, 0.25) is 5.02 Å². The average molecular weight is 572 g/mol. The fourth-order valence-corrected chi connectivity index (χ4v) is 6.00. The molecule has 1 aromatic carbocycles. The van der Waals surface area contributed by atoms with E-state index < -0.39 is 10.0 Å². The third-order valence-corrected chi connectivity index (χ3v) is 9.04. The summed E-state index contributed by atoms with van der Waals surface area (Å²) in [5.74, 6) is 1.54. The standard InChI is InChI=1S/C26H34ClN9O2S/c1-28-39(37,38)23-6-4-3-5-22(23)32-25-21(27)18-30-26(33-25)31-19-7-8-24(29-17-19)36-11-9-20(10-12-36)35-15-13-34(2)14-16-35/h3-8,17-18,20,28H,9-16H2,1-2H3,(H2,30,31,32,33). The van der Waals surface area contributed by atoms with E-state index in [9.17, 15) is 8.42 Å². The molecule has 0 amide bonds. The number of anilines is 5. The van der Waals surface area contributed by atoms with Gasteiger partial charge in [0.2, 0.25) is 16.0 Å². The number of hydrogen-bond acceptors (Lipinski definition) is 10. The molecule has 2 saturated heterocycles. The molecule has 0 bridgehead atoms. The Bertz CT molecular complexity index is 1370. The second kappa shape index (κ2) is 12.0. The van der Waals surface area contributed by atoms with Crippen LogP contribution in [0.15, 0.2) is 53.7 Å². The first-order valence-electron chi connectivity index (χ1n) is 13.0. The molecule has 3 aromatic rings. The van der Waals surface area contributed by atoms with Crippen molar-refractivity contribution in [1.82, 2.24) is 29.5 Å². The minimum atomic E-state index is -3.68. The molecule has 2 aromatic heterocycles. The highest BCUT2D eigenvalue weighted by atomic mass is 35.5. The van der Waals surface area contributed by atoms with E-state index in [4.69, 9.17) is 11.6 Å². The van der Waals surface area contributed by atoms with Gasteiger partial charge in [-0.05, 0) is 51.2 Å². The highest BCUT2D eigenvalue weighted by Crippen LogP contribution is 2.29. The number of rotatable bonds is 8. The predicted molar refractivity (Wildman–Crippen MR) is 155 cm³/mol. The second-order valence-electron chi connectivity index (χ2n) is 9.81. The van der Waals surface area contributed by atoms with Gasteiger partial charge < -0.3 is 20.4 Å². The number of hydrogen-bond donors (Lipinski definition) is 3. The Morgan fingerprint density at radius 3 is 2.36 bits per heavy atom. The van der Waals surface area contributed by atoms with Gasteiger partial charge in [0.15, 0.2) is 5.82 Å². The molecule has 2 fully saturated rings. The molecule has 2 aliphatic rings. The summed E-state index contributed by atoms with van der Waals surface area (Å²) >= 11 is 6.32. The minimum absolute atomic E-state index is 0.0871. The quantitative estimate of drug-likeness (QED) is 0.372. The number of aromatic nitrogens is 3. The number of halogens is 1. The highest BCUT2D eigenvalue weighted by Gasteiger charge is 2.27. The molecule has 0 radical (unpaired) electrons. The maximum Gasteiger partial charge on any atom is 0.242 e. The van der Waals surface area contributed by atoms with Crippen LogP contribution < -0.4 is 20.3 Å². The Balaban J connectivity index is 1.22. The van der Waals surface area contributed by atoms with Crippen LogP contribution in [-0.2, 0) is 10.0 Å². The fourth-order valence-electron chi connectivity index (χ4n) is 4.98. The first-order chi connectivity index (χ1) is 18.8. The summed E-state index contributed by atoms with van der Waals surface area (Å²) in [6.45, 7) is 6.61. The lowest BCUT2D eigenvalue weighted by Gasteiger charge is -2.42. The van der Waals surface area contributed by atoms with Gasteiger partial charge in [-0.15, -0.1) is 0 Å². The smallest absolute Gasteiger partial charge is 0.242 e. The van der Waals surface area contributed by atoms with Crippen molar-refractivity contribution in [2.24, 2.45) is 0 Å². The molecule has 0 aliphatic carbocycles. The van der Waals surface area contributed by atoms with Gasteiger partial charge in [-0.3, -0.25) is 4.90 Å². The van der Waals surface area contributed by atoms with E-state index in [2.05, 4.69) is 52.1 Å². The van der Waals surface area contributed by atoms with Crippen LogP contribution in [0.3, 0.4) is 0 Å². The third kappa shape index (κ3) is 6.59. The molecule has 2 aliphatic heterocycles. The predicted octanol–water partition coefficient (Wildman–Crippen LogP) is 3.14. The maximum absolute atomic E-state index is 12.4. The highest BCUT2D eigenvalue weighted by molar-refractivity contribution is 7.89. The van der Waals surface area contributed by atoms with E-state index >= 15 is 0 Å². The Labute approximate surface area is 234 Å². The summed E-state index contributed by atoms with van der Waals surface area (Å²) in [7, 11) is -0.119. The van der Waals surface area contributed by atoms with Crippen LogP contribution >= 0.6 is 11.6 Å². The van der Waals surface area contributed by atoms with Gasteiger partial charge in [0.1, 0.15) is 15.7 Å². The second-order valence-corrected chi connectivity index (χ2v) is 12.1. The number of benzene rings is 1. The lowest BCUT2D eigenvalue weighted by molar-refractivity contribution is 0.0981. The van der Waals surface area contributed by atoms with E-state index in [1.54, 1.807) is 24.4 Å². The van der Waals surface area contributed by atoms with Crippen LogP contribution in [0.5, 0.6) is 0 Å². The molecule has 39 heavy (non-hydrogen) atoms. The number of nitrogens with zero attached hydrogens (tertiary/aromatic N) is 6. The number of sulfonamides is 1. The minimum Gasteiger partial charge on any atom is -0.357 e. The topological polar surface area (TPSA) is 119 Å². The number of piperazine rings is 1. The summed E-state index contributed by atoms with van der Waals surface area (Å²) in [6.07, 6.45) is 5.53. The molecular formula is C26H34ClN9O2S.